The van der Waals surface area contributed by atoms with E-state index in [4.69, 9.17) is 5.73 Å². The van der Waals surface area contributed by atoms with Crippen molar-refractivity contribution in [3.63, 3.8) is 0 Å². The third kappa shape index (κ3) is 4.78. The lowest BCUT2D eigenvalue weighted by Gasteiger charge is -2.06. The molecular weight excluding hydrogens is 226 g/mol. The minimum absolute atomic E-state index is 0.0361. The monoisotopic (exact) mass is 249 g/mol. The maximum Gasteiger partial charge on any atom is 0.252 e. The number of unbranched alkanes of at least 4 members (excludes halogenated alkanes) is 2. The van der Waals surface area contributed by atoms with E-state index in [9.17, 15) is 9.90 Å². The summed E-state index contributed by atoms with van der Waals surface area (Å²) >= 11 is 0. The molecule has 18 heavy (non-hydrogen) atoms. The number of benzene rings is 1. The van der Waals surface area contributed by atoms with Crippen LogP contribution >= 0.6 is 0 Å². The molecule has 1 rings (SSSR count). The summed E-state index contributed by atoms with van der Waals surface area (Å²) in [5, 5.41) is 9.48. The fraction of sp³-hybridized carbons (Fsp3) is 0.533. The van der Waals surface area contributed by atoms with Crippen molar-refractivity contribution in [2.75, 3.05) is 0 Å². The van der Waals surface area contributed by atoms with E-state index in [0.29, 0.717) is 0 Å². The Morgan fingerprint density at radius 1 is 1.28 bits per heavy atom. The molecule has 3 N–H and O–H groups in total. The van der Waals surface area contributed by atoms with Crippen LogP contribution in [0.1, 0.15) is 55.5 Å². The summed E-state index contributed by atoms with van der Waals surface area (Å²) in [7, 11) is 0. The van der Waals surface area contributed by atoms with Crippen LogP contribution in [0.5, 0.6) is 5.75 Å². The number of nitrogens with two attached hydrogens (primary N) is 1. The van der Waals surface area contributed by atoms with Crippen LogP contribution < -0.4 is 5.73 Å². The van der Waals surface area contributed by atoms with Gasteiger partial charge in [-0.1, -0.05) is 39.2 Å². The minimum atomic E-state index is -0.575. The summed E-state index contributed by atoms with van der Waals surface area (Å²) in [6, 6.07) is 5.09. The van der Waals surface area contributed by atoms with E-state index in [2.05, 4.69) is 13.8 Å². The maximum absolute atomic E-state index is 11.1. The first kappa shape index (κ1) is 14.6. The fourth-order valence-corrected chi connectivity index (χ4v) is 1.99. The first-order valence-electron chi connectivity index (χ1n) is 6.62. The van der Waals surface area contributed by atoms with Crippen LogP contribution in [0, 0.1) is 5.92 Å². The van der Waals surface area contributed by atoms with Crippen molar-refractivity contribution in [3.8, 4) is 5.75 Å². The molecule has 0 aliphatic carbocycles. The number of aryl methyl sites for hydroxylation is 1. The summed E-state index contributed by atoms with van der Waals surface area (Å²) in [6.07, 6.45) is 5.75. The minimum Gasteiger partial charge on any atom is -0.507 e. The molecule has 100 valence electrons. The highest BCUT2D eigenvalue weighted by atomic mass is 16.3. The molecule has 0 atom stereocenters. The Hall–Kier alpha value is -1.51. The van der Waals surface area contributed by atoms with Crippen LogP contribution in [0.15, 0.2) is 18.2 Å². The Balaban J connectivity index is 2.43. The summed E-state index contributed by atoms with van der Waals surface area (Å²) in [4.78, 5) is 11.1. The van der Waals surface area contributed by atoms with E-state index in [1.807, 2.05) is 6.07 Å². The average Bonchev–Trinajstić information content (AvgIpc) is 2.30. The van der Waals surface area contributed by atoms with E-state index >= 15 is 0 Å². The van der Waals surface area contributed by atoms with Gasteiger partial charge < -0.3 is 10.8 Å². The van der Waals surface area contributed by atoms with E-state index in [1.54, 1.807) is 12.1 Å². The quantitative estimate of drug-likeness (QED) is 0.728. The van der Waals surface area contributed by atoms with Crippen LogP contribution in [-0.4, -0.2) is 11.0 Å². The summed E-state index contributed by atoms with van der Waals surface area (Å²) in [5.41, 5.74) is 6.47. The molecule has 0 unspecified atom stereocenters. The molecule has 0 aliphatic heterocycles. The van der Waals surface area contributed by atoms with Gasteiger partial charge in [0.25, 0.3) is 5.91 Å². The fourth-order valence-electron chi connectivity index (χ4n) is 1.99. The van der Waals surface area contributed by atoms with Crippen molar-refractivity contribution >= 4 is 5.91 Å². The van der Waals surface area contributed by atoms with Gasteiger partial charge in [-0.3, -0.25) is 4.79 Å². The maximum atomic E-state index is 11.1. The Morgan fingerprint density at radius 3 is 2.61 bits per heavy atom. The van der Waals surface area contributed by atoms with E-state index < -0.39 is 5.91 Å². The number of amides is 1. The van der Waals surface area contributed by atoms with Gasteiger partial charge in [0.15, 0.2) is 0 Å². The number of carbonyl (C=O) groups is 1. The first-order chi connectivity index (χ1) is 8.50. The Morgan fingerprint density at radius 2 is 2.00 bits per heavy atom. The zero-order chi connectivity index (χ0) is 13.5. The van der Waals surface area contributed by atoms with Gasteiger partial charge >= 0.3 is 0 Å². The van der Waals surface area contributed by atoms with Gasteiger partial charge in [-0.05, 0) is 36.5 Å². The Kier molecular flexibility index (Phi) is 5.69. The normalized spacial score (nSPS) is 10.8. The molecule has 0 fully saturated rings. The van der Waals surface area contributed by atoms with Gasteiger partial charge in [-0.25, -0.2) is 0 Å². The number of rotatable bonds is 7. The molecule has 1 amide bonds. The highest BCUT2D eigenvalue weighted by molar-refractivity contribution is 5.95. The van der Waals surface area contributed by atoms with Crippen molar-refractivity contribution in [2.45, 2.75) is 46.0 Å². The van der Waals surface area contributed by atoms with Gasteiger partial charge in [-0.2, -0.15) is 0 Å². The Labute approximate surface area is 109 Å². The molecule has 0 saturated carbocycles. The van der Waals surface area contributed by atoms with Crippen LogP contribution in [0.4, 0.5) is 0 Å². The predicted molar refractivity (Wildman–Crippen MR) is 73.6 cm³/mol. The topological polar surface area (TPSA) is 63.3 Å². The van der Waals surface area contributed by atoms with Crippen molar-refractivity contribution in [1.82, 2.24) is 0 Å². The zero-order valence-corrected chi connectivity index (χ0v) is 11.3. The highest BCUT2D eigenvalue weighted by Gasteiger charge is 2.07. The molecule has 0 aliphatic rings. The molecule has 3 heteroatoms. The van der Waals surface area contributed by atoms with Gasteiger partial charge in [0, 0.05) is 0 Å². The molecule has 0 heterocycles. The van der Waals surface area contributed by atoms with E-state index in [1.165, 1.54) is 19.3 Å². The lowest BCUT2D eigenvalue weighted by molar-refractivity contribution is 0.0997. The second-order valence-corrected chi connectivity index (χ2v) is 5.21. The number of aromatic hydroxyl groups is 1. The number of phenols is 1. The van der Waals surface area contributed by atoms with Crippen molar-refractivity contribution < 1.29 is 9.90 Å². The van der Waals surface area contributed by atoms with Crippen LogP contribution in [0.2, 0.25) is 0 Å². The molecule has 0 aromatic heterocycles. The smallest absolute Gasteiger partial charge is 0.252 e. The molecule has 0 saturated heterocycles. The van der Waals surface area contributed by atoms with Gasteiger partial charge in [0.1, 0.15) is 5.75 Å². The number of primary amides is 1. The average molecular weight is 249 g/mol. The lowest BCUT2D eigenvalue weighted by atomic mass is 10.0. The van der Waals surface area contributed by atoms with Crippen molar-refractivity contribution in [2.24, 2.45) is 11.7 Å². The molecule has 3 nitrogen and oxygen atoms in total. The molecule has 0 bridgehead atoms. The molecular formula is C15H23NO2. The number of carbonyl (C=O) groups excluding carboxylic acids is 1. The lowest BCUT2D eigenvalue weighted by Crippen LogP contribution is -2.11. The summed E-state index contributed by atoms with van der Waals surface area (Å²) in [6.45, 7) is 4.47. The largest absolute Gasteiger partial charge is 0.507 e. The third-order valence-electron chi connectivity index (χ3n) is 3.07. The molecule has 1 aromatic carbocycles. The van der Waals surface area contributed by atoms with Crippen LogP contribution in [-0.2, 0) is 6.42 Å². The molecule has 0 spiro atoms. The van der Waals surface area contributed by atoms with Crippen molar-refractivity contribution in [1.29, 1.82) is 0 Å². The Bertz CT molecular complexity index is 399. The van der Waals surface area contributed by atoms with E-state index in [-0.39, 0.29) is 11.3 Å². The van der Waals surface area contributed by atoms with E-state index in [0.717, 1.165) is 24.3 Å². The standard InChI is InChI=1S/C15H23NO2/c1-11(2)6-4-3-5-7-12-8-9-14(17)13(10-12)15(16)18/h8-11,17H,3-7H2,1-2H3,(H2,16,18). The SMILES string of the molecule is CC(C)CCCCCc1ccc(O)c(C(N)=O)c1. The highest BCUT2D eigenvalue weighted by Crippen LogP contribution is 2.19. The van der Waals surface area contributed by atoms with Crippen molar-refractivity contribution in [3.05, 3.63) is 29.3 Å². The molecule has 1 aromatic rings. The zero-order valence-electron chi connectivity index (χ0n) is 11.3. The van der Waals surface area contributed by atoms with Gasteiger partial charge in [0.2, 0.25) is 0 Å². The summed E-state index contributed by atoms with van der Waals surface area (Å²) < 4.78 is 0. The van der Waals surface area contributed by atoms with Crippen LogP contribution in [0.3, 0.4) is 0 Å². The third-order valence-corrected chi connectivity index (χ3v) is 3.07. The predicted octanol–water partition coefficient (Wildman–Crippen LogP) is 3.25. The number of hydrogen-bond donors (Lipinski definition) is 2. The van der Waals surface area contributed by atoms with Gasteiger partial charge in [-0.15, -0.1) is 0 Å². The number of hydrogen-bond acceptors (Lipinski definition) is 2. The van der Waals surface area contributed by atoms with Crippen LogP contribution in [0.25, 0.3) is 0 Å². The second kappa shape index (κ2) is 7.04. The van der Waals surface area contributed by atoms with Gasteiger partial charge in [0.05, 0.1) is 5.56 Å². The summed E-state index contributed by atoms with van der Waals surface area (Å²) in [5.74, 6) is 0.153. The molecule has 0 radical (unpaired) electrons. The second-order valence-electron chi connectivity index (χ2n) is 5.21. The first-order valence-corrected chi connectivity index (χ1v) is 6.62.